The SMILES string of the molecule is CCCOc1ccnc(Nc2ccc(Br)c(C(=O)O)c2)n1. The maximum absolute atomic E-state index is 11.1. The second-order valence-corrected chi connectivity index (χ2v) is 5.05. The average molecular weight is 352 g/mol. The highest BCUT2D eigenvalue weighted by Crippen LogP contribution is 2.23. The highest BCUT2D eigenvalue weighted by Gasteiger charge is 2.10. The Morgan fingerprint density at radius 1 is 1.43 bits per heavy atom. The summed E-state index contributed by atoms with van der Waals surface area (Å²) in [5, 5.41) is 12.0. The number of nitrogens with one attached hydrogen (secondary N) is 1. The molecule has 2 aromatic rings. The molecule has 0 aliphatic carbocycles. The maximum Gasteiger partial charge on any atom is 0.336 e. The van der Waals surface area contributed by atoms with Crippen LogP contribution in [0.25, 0.3) is 0 Å². The molecule has 1 heterocycles. The van der Waals surface area contributed by atoms with Gasteiger partial charge in [-0.3, -0.25) is 0 Å². The van der Waals surface area contributed by atoms with Crippen molar-refractivity contribution in [1.82, 2.24) is 9.97 Å². The van der Waals surface area contributed by atoms with Crippen LogP contribution in [0, 0.1) is 0 Å². The molecule has 0 aliphatic heterocycles. The van der Waals surface area contributed by atoms with Gasteiger partial charge in [0.1, 0.15) is 0 Å². The molecule has 0 aliphatic rings. The second kappa shape index (κ2) is 7.03. The molecule has 2 N–H and O–H groups in total. The van der Waals surface area contributed by atoms with Crippen molar-refractivity contribution >= 4 is 33.5 Å². The molecule has 0 atom stereocenters. The molecule has 0 unspecified atom stereocenters. The number of carboxylic acids is 1. The van der Waals surface area contributed by atoms with E-state index in [-0.39, 0.29) is 5.56 Å². The van der Waals surface area contributed by atoms with Gasteiger partial charge >= 0.3 is 5.97 Å². The Kier molecular flexibility index (Phi) is 5.10. The predicted molar refractivity (Wildman–Crippen MR) is 82.2 cm³/mol. The number of benzene rings is 1. The number of ether oxygens (including phenoxy) is 1. The van der Waals surface area contributed by atoms with Crippen molar-refractivity contribution in [3.63, 3.8) is 0 Å². The first-order valence-corrected chi connectivity index (χ1v) is 7.15. The van der Waals surface area contributed by atoms with Gasteiger partial charge in [0.2, 0.25) is 11.8 Å². The van der Waals surface area contributed by atoms with Crippen LogP contribution in [0.15, 0.2) is 34.9 Å². The Hall–Kier alpha value is -2.15. The van der Waals surface area contributed by atoms with Gasteiger partial charge in [-0.25, -0.2) is 9.78 Å². The van der Waals surface area contributed by atoms with Crippen LogP contribution in [0.3, 0.4) is 0 Å². The van der Waals surface area contributed by atoms with E-state index in [4.69, 9.17) is 9.84 Å². The maximum atomic E-state index is 11.1. The fourth-order valence-electron chi connectivity index (χ4n) is 1.59. The van der Waals surface area contributed by atoms with E-state index in [0.29, 0.717) is 28.6 Å². The number of aromatic nitrogens is 2. The number of nitrogens with zero attached hydrogens (tertiary/aromatic N) is 2. The lowest BCUT2D eigenvalue weighted by Gasteiger charge is -2.08. The fraction of sp³-hybridized carbons (Fsp3) is 0.214. The normalized spacial score (nSPS) is 10.2. The highest BCUT2D eigenvalue weighted by atomic mass is 79.9. The van der Waals surface area contributed by atoms with Crippen molar-refractivity contribution in [2.75, 3.05) is 11.9 Å². The Morgan fingerprint density at radius 3 is 2.95 bits per heavy atom. The number of hydrogen-bond donors (Lipinski definition) is 2. The fourth-order valence-corrected chi connectivity index (χ4v) is 2.00. The summed E-state index contributed by atoms with van der Waals surface area (Å²) in [4.78, 5) is 19.4. The first kappa shape index (κ1) is 15.2. The van der Waals surface area contributed by atoms with Crippen molar-refractivity contribution in [3.05, 3.63) is 40.5 Å². The van der Waals surface area contributed by atoms with Gasteiger partial charge in [0.15, 0.2) is 0 Å². The molecule has 0 radical (unpaired) electrons. The minimum Gasteiger partial charge on any atom is -0.478 e. The van der Waals surface area contributed by atoms with Crippen LogP contribution in [-0.2, 0) is 0 Å². The van der Waals surface area contributed by atoms with Gasteiger partial charge < -0.3 is 15.2 Å². The van der Waals surface area contributed by atoms with E-state index in [1.54, 1.807) is 24.4 Å². The summed E-state index contributed by atoms with van der Waals surface area (Å²) in [5.41, 5.74) is 0.752. The van der Waals surface area contributed by atoms with Gasteiger partial charge in [-0.2, -0.15) is 4.98 Å². The van der Waals surface area contributed by atoms with Crippen LogP contribution < -0.4 is 10.1 Å². The number of carbonyl (C=O) groups is 1. The van der Waals surface area contributed by atoms with Crippen LogP contribution in [0.4, 0.5) is 11.6 Å². The van der Waals surface area contributed by atoms with E-state index >= 15 is 0 Å². The Balaban J connectivity index is 2.18. The molecule has 0 saturated heterocycles. The number of rotatable bonds is 6. The van der Waals surface area contributed by atoms with Crippen LogP contribution in [0.2, 0.25) is 0 Å². The zero-order chi connectivity index (χ0) is 15.2. The van der Waals surface area contributed by atoms with Gasteiger partial charge in [0.05, 0.1) is 12.2 Å². The quantitative estimate of drug-likeness (QED) is 0.828. The summed E-state index contributed by atoms with van der Waals surface area (Å²) in [6.07, 6.45) is 2.47. The van der Waals surface area contributed by atoms with Crippen molar-refractivity contribution in [1.29, 1.82) is 0 Å². The largest absolute Gasteiger partial charge is 0.478 e. The molecular formula is C14H14BrN3O3. The summed E-state index contributed by atoms with van der Waals surface area (Å²) in [6.45, 7) is 2.59. The molecule has 0 fully saturated rings. The van der Waals surface area contributed by atoms with Crippen LogP contribution in [0.1, 0.15) is 23.7 Å². The summed E-state index contributed by atoms with van der Waals surface area (Å²) >= 11 is 3.20. The van der Waals surface area contributed by atoms with E-state index in [1.165, 1.54) is 6.07 Å². The smallest absolute Gasteiger partial charge is 0.336 e. The molecular weight excluding hydrogens is 338 g/mol. The van der Waals surface area contributed by atoms with Crippen molar-refractivity contribution in [2.24, 2.45) is 0 Å². The molecule has 6 nitrogen and oxygen atoms in total. The monoisotopic (exact) mass is 351 g/mol. The second-order valence-electron chi connectivity index (χ2n) is 4.19. The Morgan fingerprint density at radius 2 is 2.24 bits per heavy atom. The summed E-state index contributed by atoms with van der Waals surface area (Å²) in [7, 11) is 0. The van der Waals surface area contributed by atoms with Crippen LogP contribution in [-0.4, -0.2) is 27.7 Å². The third kappa shape index (κ3) is 4.16. The van der Waals surface area contributed by atoms with E-state index in [1.807, 2.05) is 6.92 Å². The molecule has 110 valence electrons. The Bertz CT molecular complexity index is 649. The lowest BCUT2D eigenvalue weighted by atomic mass is 10.2. The molecule has 1 aromatic heterocycles. The van der Waals surface area contributed by atoms with Crippen LogP contribution in [0.5, 0.6) is 5.88 Å². The van der Waals surface area contributed by atoms with Gasteiger partial charge in [0.25, 0.3) is 0 Å². The first-order chi connectivity index (χ1) is 10.1. The van der Waals surface area contributed by atoms with Gasteiger partial charge in [-0.1, -0.05) is 6.92 Å². The van der Waals surface area contributed by atoms with Gasteiger partial charge in [0, 0.05) is 22.4 Å². The lowest BCUT2D eigenvalue weighted by Crippen LogP contribution is -2.03. The molecule has 0 saturated carbocycles. The third-order valence-electron chi connectivity index (χ3n) is 2.54. The summed E-state index contributed by atoms with van der Waals surface area (Å²) in [5.74, 6) is -0.182. The standard InChI is InChI=1S/C14H14BrN3O3/c1-2-7-21-12-5-6-16-14(18-12)17-9-3-4-11(15)10(8-9)13(19)20/h3-6,8H,2,7H2,1H3,(H,19,20)(H,16,17,18). The third-order valence-corrected chi connectivity index (χ3v) is 3.23. The van der Waals surface area contributed by atoms with E-state index in [2.05, 4.69) is 31.2 Å². The molecule has 7 heteroatoms. The van der Waals surface area contributed by atoms with E-state index in [9.17, 15) is 4.79 Å². The average Bonchev–Trinajstić information content (AvgIpc) is 2.47. The molecule has 21 heavy (non-hydrogen) atoms. The molecule has 0 spiro atoms. The molecule has 1 aromatic carbocycles. The molecule has 0 amide bonds. The van der Waals surface area contributed by atoms with Crippen molar-refractivity contribution < 1.29 is 14.6 Å². The zero-order valence-electron chi connectivity index (χ0n) is 11.3. The Labute approximate surface area is 130 Å². The van der Waals surface area contributed by atoms with Crippen molar-refractivity contribution in [3.8, 4) is 5.88 Å². The molecule has 0 bridgehead atoms. The minimum absolute atomic E-state index is 0.165. The van der Waals surface area contributed by atoms with E-state index in [0.717, 1.165) is 6.42 Å². The number of carboxylic acid groups (broad SMARTS) is 1. The zero-order valence-corrected chi connectivity index (χ0v) is 12.9. The molecule has 2 rings (SSSR count). The topological polar surface area (TPSA) is 84.3 Å². The lowest BCUT2D eigenvalue weighted by molar-refractivity contribution is 0.0696. The summed E-state index contributed by atoms with van der Waals surface area (Å²) < 4.78 is 5.94. The summed E-state index contributed by atoms with van der Waals surface area (Å²) in [6, 6.07) is 6.57. The predicted octanol–water partition coefficient (Wildman–Crippen LogP) is 3.47. The van der Waals surface area contributed by atoms with Gasteiger partial charge in [-0.15, -0.1) is 0 Å². The van der Waals surface area contributed by atoms with Crippen molar-refractivity contribution in [2.45, 2.75) is 13.3 Å². The number of hydrogen-bond acceptors (Lipinski definition) is 5. The van der Waals surface area contributed by atoms with Crippen LogP contribution >= 0.6 is 15.9 Å². The minimum atomic E-state index is -1.01. The number of anilines is 2. The van der Waals surface area contributed by atoms with Gasteiger partial charge in [-0.05, 0) is 40.5 Å². The first-order valence-electron chi connectivity index (χ1n) is 6.36. The van der Waals surface area contributed by atoms with E-state index < -0.39 is 5.97 Å². The number of aromatic carboxylic acids is 1. The number of halogens is 1. The highest BCUT2D eigenvalue weighted by molar-refractivity contribution is 9.10.